The second-order valence-electron chi connectivity index (χ2n) is 3.67. The number of hydrogen-bond donors (Lipinski definition) is 1. The Morgan fingerprint density at radius 1 is 1.21 bits per heavy atom. The van der Waals surface area contributed by atoms with E-state index < -0.39 is 0 Å². The molecule has 1 fully saturated rings. The first-order valence-corrected chi connectivity index (χ1v) is 5.07. The Labute approximate surface area is 83.0 Å². The van der Waals surface area contributed by atoms with E-state index in [4.69, 9.17) is 9.47 Å². The normalized spacial score (nSPS) is 24.1. The van der Waals surface area contributed by atoms with Crippen molar-refractivity contribution in [2.45, 2.75) is 12.5 Å². The third-order valence-electron chi connectivity index (χ3n) is 2.80. The quantitative estimate of drug-likeness (QED) is 0.729. The summed E-state index contributed by atoms with van der Waals surface area (Å²) in [5.41, 5.74) is 1.24. The molecule has 1 aromatic rings. The van der Waals surface area contributed by atoms with Gasteiger partial charge in [0, 0.05) is 11.6 Å². The molecule has 1 atom stereocenters. The standard InChI is InChI=1S/C11H13NO2/c1-2-8(9-4-5-12-9)11-10(3-1)13-6-7-14-11/h1-3,9,12H,4-7H2/t9-/m0/s1. The van der Waals surface area contributed by atoms with Crippen LogP contribution in [0.1, 0.15) is 18.0 Å². The number of para-hydroxylation sites is 1. The van der Waals surface area contributed by atoms with Crippen LogP contribution in [0.4, 0.5) is 0 Å². The van der Waals surface area contributed by atoms with Gasteiger partial charge in [-0.25, -0.2) is 0 Å². The maximum atomic E-state index is 5.65. The highest BCUT2D eigenvalue weighted by Gasteiger charge is 2.25. The monoisotopic (exact) mass is 191 g/mol. The molecule has 3 nitrogen and oxygen atoms in total. The van der Waals surface area contributed by atoms with E-state index in [0.717, 1.165) is 18.0 Å². The Morgan fingerprint density at radius 2 is 2.07 bits per heavy atom. The maximum Gasteiger partial charge on any atom is 0.166 e. The maximum absolute atomic E-state index is 5.65. The van der Waals surface area contributed by atoms with Gasteiger partial charge in [-0.15, -0.1) is 0 Å². The Hall–Kier alpha value is -1.22. The van der Waals surface area contributed by atoms with Crippen molar-refractivity contribution in [2.24, 2.45) is 0 Å². The number of rotatable bonds is 1. The predicted molar refractivity (Wildman–Crippen MR) is 52.8 cm³/mol. The van der Waals surface area contributed by atoms with Gasteiger partial charge in [-0.2, -0.15) is 0 Å². The molecule has 3 rings (SSSR count). The molecule has 3 heteroatoms. The van der Waals surface area contributed by atoms with Crippen molar-refractivity contribution in [3.63, 3.8) is 0 Å². The Kier molecular flexibility index (Phi) is 1.84. The SMILES string of the molecule is c1cc2c(c([C@@H]3CCN3)c1)OCCO2. The van der Waals surface area contributed by atoms with Gasteiger partial charge in [0.2, 0.25) is 0 Å². The van der Waals surface area contributed by atoms with E-state index in [1.165, 1.54) is 12.0 Å². The topological polar surface area (TPSA) is 30.5 Å². The highest BCUT2D eigenvalue weighted by Crippen LogP contribution is 2.39. The van der Waals surface area contributed by atoms with Crippen LogP contribution in [0.3, 0.4) is 0 Å². The van der Waals surface area contributed by atoms with Crippen LogP contribution in [0.2, 0.25) is 0 Å². The highest BCUT2D eigenvalue weighted by molar-refractivity contribution is 5.49. The van der Waals surface area contributed by atoms with E-state index in [1.807, 2.05) is 12.1 Å². The van der Waals surface area contributed by atoms with E-state index >= 15 is 0 Å². The molecule has 74 valence electrons. The highest BCUT2D eigenvalue weighted by atomic mass is 16.6. The van der Waals surface area contributed by atoms with Crippen LogP contribution in [-0.2, 0) is 0 Å². The van der Waals surface area contributed by atoms with Gasteiger partial charge in [-0.1, -0.05) is 12.1 Å². The third-order valence-corrected chi connectivity index (χ3v) is 2.80. The van der Waals surface area contributed by atoms with Gasteiger partial charge in [0.25, 0.3) is 0 Å². The minimum absolute atomic E-state index is 0.464. The zero-order valence-electron chi connectivity index (χ0n) is 7.95. The molecule has 0 amide bonds. The van der Waals surface area contributed by atoms with E-state index in [0.29, 0.717) is 19.3 Å². The van der Waals surface area contributed by atoms with Crippen molar-refractivity contribution in [1.29, 1.82) is 0 Å². The number of nitrogens with one attached hydrogen (secondary N) is 1. The number of hydrogen-bond acceptors (Lipinski definition) is 3. The molecule has 1 aromatic carbocycles. The van der Waals surface area contributed by atoms with Gasteiger partial charge in [0.15, 0.2) is 11.5 Å². The molecule has 1 N–H and O–H groups in total. The first kappa shape index (κ1) is 8.12. The van der Waals surface area contributed by atoms with Crippen LogP contribution >= 0.6 is 0 Å². The van der Waals surface area contributed by atoms with Crippen LogP contribution in [0, 0.1) is 0 Å². The number of ether oxygens (including phenoxy) is 2. The Bertz CT molecular complexity index is 347. The largest absolute Gasteiger partial charge is 0.486 e. The summed E-state index contributed by atoms with van der Waals surface area (Å²) in [4.78, 5) is 0. The van der Waals surface area contributed by atoms with E-state index in [9.17, 15) is 0 Å². The Balaban J connectivity index is 2.01. The van der Waals surface area contributed by atoms with Gasteiger partial charge in [-0.05, 0) is 19.0 Å². The van der Waals surface area contributed by atoms with Crippen LogP contribution in [-0.4, -0.2) is 19.8 Å². The summed E-state index contributed by atoms with van der Waals surface area (Å²) >= 11 is 0. The fourth-order valence-corrected chi connectivity index (χ4v) is 1.92. The minimum Gasteiger partial charge on any atom is -0.486 e. The van der Waals surface area contributed by atoms with Gasteiger partial charge in [0.1, 0.15) is 13.2 Å². The lowest BCUT2D eigenvalue weighted by Gasteiger charge is -2.31. The molecule has 0 radical (unpaired) electrons. The average Bonchev–Trinajstić information content (AvgIpc) is 2.16. The predicted octanol–water partition coefficient (Wildman–Crippen LogP) is 1.49. The average molecular weight is 191 g/mol. The van der Waals surface area contributed by atoms with Crippen molar-refractivity contribution in [3.8, 4) is 11.5 Å². The molecule has 2 heterocycles. The molecule has 0 bridgehead atoms. The zero-order chi connectivity index (χ0) is 9.38. The van der Waals surface area contributed by atoms with Crippen LogP contribution in [0.15, 0.2) is 18.2 Å². The summed E-state index contributed by atoms with van der Waals surface area (Å²) in [6.45, 7) is 2.43. The van der Waals surface area contributed by atoms with Crippen molar-refractivity contribution < 1.29 is 9.47 Å². The summed E-state index contributed by atoms with van der Waals surface area (Å²) in [5.74, 6) is 1.83. The summed E-state index contributed by atoms with van der Waals surface area (Å²) in [6.07, 6.45) is 1.19. The van der Waals surface area contributed by atoms with Crippen molar-refractivity contribution in [1.82, 2.24) is 5.32 Å². The van der Waals surface area contributed by atoms with Gasteiger partial charge < -0.3 is 14.8 Å². The van der Waals surface area contributed by atoms with Gasteiger partial charge in [0.05, 0.1) is 0 Å². The fraction of sp³-hybridized carbons (Fsp3) is 0.455. The second-order valence-corrected chi connectivity index (χ2v) is 3.67. The summed E-state index contributed by atoms with van der Waals surface area (Å²) in [5, 5.41) is 3.38. The summed E-state index contributed by atoms with van der Waals surface area (Å²) in [6, 6.07) is 6.58. The Morgan fingerprint density at radius 3 is 2.86 bits per heavy atom. The van der Waals surface area contributed by atoms with Crippen molar-refractivity contribution in [3.05, 3.63) is 23.8 Å². The molecule has 0 aromatic heterocycles. The fourth-order valence-electron chi connectivity index (χ4n) is 1.92. The third kappa shape index (κ3) is 1.16. The lowest BCUT2D eigenvalue weighted by atomic mass is 9.96. The second kappa shape index (κ2) is 3.17. The van der Waals surface area contributed by atoms with Crippen LogP contribution in [0.25, 0.3) is 0 Å². The molecular weight excluding hydrogens is 178 g/mol. The molecule has 2 aliphatic rings. The molecule has 1 saturated heterocycles. The molecule has 0 unspecified atom stereocenters. The number of benzene rings is 1. The first-order valence-electron chi connectivity index (χ1n) is 5.07. The van der Waals surface area contributed by atoms with Crippen molar-refractivity contribution in [2.75, 3.05) is 19.8 Å². The molecule has 2 aliphatic heterocycles. The molecule has 0 aliphatic carbocycles. The lowest BCUT2D eigenvalue weighted by molar-refractivity contribution is 0.167. The molecule has 0 saturated carbocycles. The van der Waals surface area contributed by atoms with E-state index in [1.54, 1.807) is 0 Å². The first-order chi connectivity index (χ1) is 6.95. The van der Waals surface area contributed by atoms with Crippen molar-refractivity contribution >= 4 is 0 Å². The molecule has 14 heavy (non-hydrogen) atoms. The van der Waals surface area contributed by atoms with Crippen LogP contribution < -0.4 is 14.8 Å². The number of fused-ring (bicyclic) bond motifs is 1. The van der Waals surface area contributed by atoms with Gasteiger partial charge in [-0.3, -0.25) is 0 Å². The minimum atomic E-state index is 0.464. The zero-order valence-corrected chi connectivity index (χ0v) is 7.95. The van der Waals surface area contributed by atoms with Crippen LogP contribution in [0.5, 0.6) is 11.5 Å². The smallest absolute Gasteiger partial charge is 0.166 e. The summed E-state index contributed by atoms with van der Waals surface area (Å²) < 4.78 is 11.2. The molecular formula is C11H13NO2. The molecule has 0 spiro atoms. The van der Waals surface area contributed by atoms with E-state index in [2.05, 4.69) is 11.4 Å². The lowest BCUT2D eigenvalue weighted by Crippen LogP contribution is -2.35. The van der Waals surface area contributed by atoms with E-state index in [-0.39, 0.29) is 0 Å². The van der Waals surface area contributed by atoms with Gasteiger partial charge >= 0.3 is 0 Å². The summed E-state index contributed by atoms with van der Waals surface area (Å²) in [7, 11) is 0.